The molecule has 0 spiro atoms. The van der Waals surface area contributed by atoms with Crippen LogP contribution in [0.25, 0.3) is 11.5 Å². The summed E-state index contributed by atoms with van der Waals surface area (Å²) >= 11 is 0. The van der Waals surface area contributed by atoms with E-state index in [4.69, 9.17) is 9.63 Å². The zero-order chi connectivity index (χ0) is 13.9. The quantitative estimate of drug-likeness (QED) is 0.909. The number of piperidine rings is 1. The highest BCUT2D eigenvalue weighted by Gasteiger charge is 2.27. The molecule has 2 aromatic rings. The number of aromatic nitrogens is 2. The van der Waals surface area contributed by atoms with Crippen molar-refractivity contribution in [2.45, 2.75) is 18.8 Å². The van der Waals surface area contributed by atoms with Gasteiger partial charge in [-0.05, 0) is 25.0 Å². The summed E-state index contributed by atoms with van der Waals surface area (Å²) in [5, 5.41) is 13.1. The first-order valence-corrected chi connectivity index (χ1v) is 6.61. The third-order valence-electron chi connectivity index (χ3n) is 3.52. The minimum atomic E-state index is -0.888. The molecule has 1 aliphatic rings. The van der Waals surface area contributed by atoms with Crippen LogP contribution < -0.4 is 0 Å². The van der Waals surface area contributed by atoms with E-state index < -0.39 is 6.09 Å². The molecule has 6 nitrogen and oxygen atoms in total. The summed E-state index contributed by atoms with van der Waals surface area (Å²) in [7, 11) is 0. The summed E-state index contributed by atoms with van der Waals surface area (Å²) in [6, 6.07) is 9.55. The first kappa shape index (κ1) is 12.7. The Balaban J connectivity index is 1.78. The summed E-state index contributed by atoms with van der Waals surface area (Å²) in [5.41, 5.74) is 0.872. The van der Waals surface area contributed by atoms with Crippen LogP contribution in [0, 0.1) is 0 Å². The molecule has 1 aromatic heterocycles. The van der Waals surface area contributed by atoms with Gasteiger partial charge >= 0.3 is 6.09 Å². The maximum absolute atomic E-state index is 11.0. The van der Waals surface area contributed by atoms with Crippen molar-refractivity contribution in [3.05, 3.63) is 36.2 Å². The Morgan fingerprint density at radius 3 is 2.90 bits per heavy atom. The standard InChI is InChI=1S/C14H15N3O3/c18-14(19)17-8-4-7-11(9-17)12-15-13(20-16-12)10-5-2-1-3-6-10/h1-3,5-6,11H,4,7-9H2,(H,18,19). The highest BCUT2D eigenvalue weighted by Crippen LogP contribution is 2.27. The molecule has 1 aliphatic heterocycles. The van der Waals surface area contributed by atoms with Crippen LogP contribution in [0.3, 0.4) is 0 Å². The van der Waals surface area contributed by atoms with Crippen LogP contribution in [0.2, 0.25) is 0 Å². The van der Waals surface area contributed by atoms with Gasteiger partial charge in [-0.1, -0.05) is 23.4 Å². The average molecular weight is 273 g/mol. The second-order valence-corrected chi connectivity index (χ2v) is 4.89. The monoisotopic (exact) mass is 273 g/mol. The summed E-state index contributed by atoms with van der Waals surface area (Å²) in [6.07, 6.45) is 0.825. The molecule has 6 heteroatoms. The van der Waals surface area contributed by atoms with E-state index in [0.29, 0.717) is 24.8 Å². The SMILES string of the molecule is O=C(O)N1CCCC(c2noc(-c3ccccc3)n2)C1. The lowest BCUT2D eigenvalue weighted by Crippen LogP contribution is -2.38. The molecule has 3 rings (SSSR count). The lowest BCUT2D eigenvalue weighted by Gasteiger charge is -2.28. The summed E-state index contributed by atoms with van der Waals surface area (Å²) < 4.78 is 5.27. The van der Waals surface area contributed by atoms with Crippen LogP contribution in [-0.2, 0) is 0 Å². The fourth-order valence-corrected chi connectivity index (χ4v) is 2.46. The van der Waals surface area contributed by atoms with Crippen molar-refractivity contribution in [1.29, 1.82) is 0 Å². The van der Waals surface area contributed by atoms with Crippen LogP contribution in [-0.4, -0.2) is 39.3 Å². The topological polar surface area (TPSA) is 79.5 Å². The van der Waals surface area contributed by atoms with Gasteiger partial charge in [-0.15, -0.1) is 0 Å². The number of carboxylic acid groups (broad SMARTS) is 1. The number of nitrogens with zero attached hydrogens (tertiary/aromatic N) is 3. The van der Waals surface area contributed by atoms with E-state index in [9.17, 15) is 4.79 Å². The van der Waals surface area contributed by atoms with Crippen molar-refractivity contribution in [2.24, 2.45) is 0 Å². The molecule has 104 valence electrons. The van der Waals surface area contributed by atoms with E-state index in [1.807, 2.05) is 30.3 Å². The fourth-order valence-electron chi connectivity index (χ4n) is 2.46. The van der Waals surface area contributed by atoms with E-state index in [2.05, 4.69) is 10.1 Å². The van der Waals surface area contributed by atoms with Crippen molar-refractivity contribution in [3.8, 4) is 11.5 Å². The Labute approximate surface area is 116 Å². The van der Waals surface area contributed by atoms with E-state index in [1.165, 1.54) is 4.90 Å². The van der Waals surface area contributed by atoms with E-state index in [-0.39, 0.29) is 5.92 Å². The van der Waals surface area contributed by atoms with Crippen LogP contribution >= 0.6 is 0 Å². The van der Waals surface area contributed by atoms with Crippen molar-refractivity contribution < 1.29 is 14.4 Å². The van der Waals surface area contributed by atoms with Gasteiger partial charge in [-0.25, -0.2) is 4.79 Å². The molecular formula is C14H15N3O3. The zero-order valence-corrected chi connectivity index (χ0v) is 10.9. The van der Waals surface area contributed by atoms with Crippen LogP contribution in [0.1, 0.15) is 24.6 Å². The van der Waals surface area contributed by atoms with Crippen LogP contribution in [0.4, 0.5) is 4.79 Å². The van der Waals surface area contributed by atoms with Crippen molar-refractivity contribution in [3.63, 3.8) is 0 Å². The van der Waals surface area contributed by atoms with Crippen molar-refractivity contribution in [2.75, 3.05) is 13.1 Å². The number of amides is 1. The molecule has 1 atom stereocenters. The zero-order valence-electron chi connectivity index (χ0n) is 10.9. The molecule has 2 heterocycles. The molecule has 0 bridgehead atoms. The largest absolute Gasteiger partial charge is 0.465 e. The first-order chi connectivity index (χ1) is 9.74. The Morgan fingerprint density at radius 2 is 2.15 bits per heavy atom. The van der Waals surface area contributed by atoms with Crippen molar-refractivity contribution in [1.82, 2.24) is 15.0 Å². The molecule has 20 heavy (non-hydrogen) atoms. The van der Waals surface area contributed by atoms with Gasteiger partial charge in [0.05, 0.1) is 0 Å². The number of carbonyl (C=O) groups is 1. The predicted octanol–water partition coefficient (Wildman–Crippen LogP) is 2.59. The second kappa shape index (κ2) is 5.32. The maximum atomic E-state index is 11.0. The first-order valence-electron chi connectivity index (χ1n) is 6.61. The number of benzene rings is 1. The molecule has 0 saturated carbocycles. The number of hydrogen-bond donors (Lipinski definition) is 1. The fraction of sp³-hybridized carbons (Fsp3) is 0.357. The van der Waals surface area contributed by atoms with Gasteiger partial charge in [0, 0.05) is 24.6 Å². The molecular weight excluding hydrogens is 258 g/mol. The molecule has 1 aromatic carbocycles. The molecule has 1 fully saturated rings. The Kier molecular flexibility index (Phi) is 3.37. The van der Waals surface area contributed by atoms with Crippen LogP contribution in [0.5, 0.6) is 0 Å². The molecule has 1 N–H and O–H groups in total. The van der Waals surface area contributed by atoms with E-state index in [0.717, 1.165) is 18.4 Å². The minimum absolute atomic E-state index is 0.0149. The van der Waals surface area contributed by atoms with Gasteiger partial charge in [0.2, 0.25) is 0 Å². The second-order valence-electron chi connectivity index (χ2n) is 4.89. The lowest BCUT2D eigenvalue weighted by atomic mass is 9.98. The highest BCUT2D eigenvalue weighted by molar-refractivity contribution is 5.65. The Bertz CT molecular complexity index is 597. The Morgan fingerprint density at radius 1 is 1.35 bits per heavy atom. The summed E-state index contributed by atoms with van der Waals surface area (Å²) in [4.78, 5) is 16.8. The highest BCUT2D eigenvalue weighted by atomic mass is 16.5. The lowest BCUT2D eigenvalue weighted by molar-refractivity contribution is 0.129. The smallest absolute Gasteiger partial charge is 0.407 e. The van der Waals surface area contributed by atoms with Gasteiger partial charge in [-0.3, -0.25) is 0 Å². The van der Waals surface area contributed by atoms with E-state index >= 15 is 0 Å². The van der Waals surface area contributed by atoms with Gasteiger partial charge in [0.15, 0.2) is 5.82 Å². The van der Waals surface area contributed by atoms with Gasteiger partial charge in [0.1, 0.15) is 0 Å². The predicted molar refractivity (Wildman–Crippen MR) is 71.3 cm³/mol. The van der Waals surface area contributed by atoms with Gasteiger partial charge < -0.3 is 14.5 Å². The summed E-state index contributed by atoms with van der Waals surface area (Å²) in [5.74, 6) is 1.09. The third-order valence-corrected chi connectivity index (χ3v) is 3.52. The van der Waals surface area contributed by atoms with E-state index in [1.54, 1.807) is 0 Å². The molecule has 1 saturated heterocycles. The number of rotatable bonds is 2. The normalized spacial score (nSPS) is 19.0. The molecule has 0 aliphatic carbocycles. The average Bonchev–Trinajstić information content (AvgIpc) is 2.98. The van der Waals surface area contributed by atoms with Crippen molar-refractivity contribution >= 4 is 6.09 Å². The van der Waals surface area contributed by atoms with Gasteiger partial charge in [-0.2, -0.15) is 4.98 Å². The summed E-state index contributed by atoms with van der Waals surface area (Å²) in [6.45, 7) is 1.01. The van der Waals surface area contributed by atoms with Crippen LogP contribution in [0.15, 0.2) is 34.9 Å². The molecule has 1 unspecified atom stereocenters. The van der Waals surface area contributed by atoms with Gasteiger partial charge in [0.25, 0.3) is 5.89 Å². The minimum Gasteiger partial charge on any atom is -0.465 e. The number of hydrogen-bond acceptors (Lipinski definition) is 4. The third kappa shape index (κ3) is 2.49. The molecule has 0 radical (unpaired) electrons. The Hall–Kier alpha value is -2.37. The number of likely N-dealkylation sites (tertiary alicyclic amines) is 1. The maximum Gasteiger partial charge on any atom is 0.407 e. The molecule has 1 amide bonds.